The maximum Gasteiger partial charge on any atom is 0.257 e. The molecule has 7 nitrogen and oxygen atoms in total. The molecule has 1 N–H and O–H groups in total. The summed E-state index contributed by atoms with van der Waals surface area (Å²) in [5.41, 5.74) is 0.679. The number of methoxy groups -OCH3 is 1. The first kappa shape index (κ1) is 18.4. The third kappa shape index (κ3) is 3.92. The molecule has 0 aliphatic rings. The number of rotatable bonds is 5. The molecule has 2 aromatic rings. The highest BCUT2D eigenvalue weighted by Crippen LogP contribution is 2.29. The first-order valence-corrected chi connectivity index (χ1v) is 9.01. The molecule has 0 saturated carbocycles. The molecule has 1 heterocycles. The van der Waals surface area contributed by atoms with Crippen LogP contribution in [0.5, 0.6) is 5.75 Å². The summed E-state index contributed by atoms with van der Waals surface area (Å²) in [6.07, 6.45) is 2.98. The Morgan fingerprint density at radius 1 is 1.25 bits per heavy atom. The van der Waals surface area contributed by atoms with Crippen molar-refractivity contribution in [2.45, 2.75) is 4.90 Å². The topological polar surface area (TPSA) is 88.6 Å². The number of anilines is 1. The number of hydrogen-bond donors (Lipinski definition) is 1. The molecule has 0 bridgehead atoms. The zero-order chi connectivity index (χ0) is 17.9. The van der Waals surface area contributed by atoms with Gasteiger partial charge in [-0.1, -0.05) is 0 Å². The molecule has 0 saturated heterocycles. The van der Waals surface area contributed by atoms with E-state index in [1.54, 1.807) is 18.3 Å². The van der Waals surface area contributed by atoms with E-state index in [-0.39, 0.29) is 10.6 Å². The van der Waals surface area contributed by atoms with E-state index < -0.39 is 15.9 Å². The van der Waals surface area contributed by atoms with Gasteiger partial charge in [-0.25, -0.2) is 12.7 Å². The zero-order valence-corrected chi connectivity index (χ0v) is 15.7. The Balaban J connectivity index is 2.37. The van der Waals surface area contributed by atoms with Crippen LogP contribution >= 0.6 is 15.9 Å². The van der Waals surface area contributed by atoms with Crippen molar-refractivity contribution >= 4 is 37.5 Å². The van der Waals surface area contributed by atoms with Gasteiger partial charge in [0.05, 0.1) is 12.7 Å². The van der Waals surface area contributed by atoms with E-state index in [9.17, 15) is 13.2 Å². The third-order valence-corrected chi connectivity index (χ3v) is 5.42. The Hall–Kier alpha value is -1.97. The molecule has 24 heavy (non-hydrogen) atoms. The summed E-state index contributed by atoms with van der Waals surface area (Å²) in [7, 11) is 0.520. The summed E-state index contributed by atoms with van der Waals surface area (Å²) < 4.78 is 31.6. The van der Waals surface area contributed by atoms with Crippen LogP contribution in [0.2, 0.25) is 0 Å². The second-order valence-corrected chi connectivity index (χ2v) is 8.03. The van der Waals surface area contributed by atoms with Gasteiger partial charge in [0, 0.05) is 36.6 Å². The van der Waals surface area contributed by atoms with Gasteiger partial charge in [-0.05, 0) is 40.2 Å². The summed E-state index contributed by atoms with van der Waals surface area (Å²) in [6, 6.07) is 6.03. The van der Waals surface area contributed by atoms with Crippen LogP contribution < -0.4 is 10.1 Å². The lowest BCUT2D eigenvalue weighted by molar-refractivity contribution is 0.102. The highest BCUT2D eigenvalue weighted by Gasteiger charge is 2.23. The molecule has 0 radical (unpaired) electrons. The number of ether oxygens (including phenoxy) is 1. The van der Waals surface area contributed by atoms with Gasteiger partial charge in [-0.15, -0.1) is 0 Å². The van der Waals surface area contributed by atoms with Gasteiger partial charge in [-0.2, -0.15) is 0 Å². The second-order valence-electron chi connectivity index (χ2n) is 5.00. The van der Waals surface area contributed by atoms with Gasteiger partial charge >= 0.3 is 0 Å². The van der Waals surface area contributed by atoms with E-state index in [4.69, 9.17) is 4.74 Å². The Morgan fingerprint density at radius 2 is 1.96 bits per heavy atom. The van der Waals surface area contributed by atoms with Gasteiger partial charge in [-0.3, -0.25) is 9.78 Å². The van der Waals surface area contributed by atoms with E-state index >= 15 is 0 Å². The third-order valence-electron chi connectivity index (χ3n) is 3.15. The average Bonchev–Trinajstić information content (AvgIpc) is 2.54. The number of carbonyl (C=O) groups is 1. The first-order chi connectivity index (χ1) is 11.3. The van der Waals surface area contributed by atoms with Crippen molar-refractivity contribution in [3.05, 3.63) is 46.7 Å². The molecule has 0 unspecified atom stereocenters. The molecule has 128 valence electrons. The molecular weight excluding hydrogens is 398 g/mol. The molecule has 0 aliphatic heterocycles. The standard InChI is InChI=1S/C15H16BrN3O4S/c1-19(2)24(21,22)14-7-12(4-5-13(14)23-3)18-15(20)10-6-11(16)9-17-8-10/h4-9H,1-3H3,(H,18,20). The van der Waals surface area contributed by atoms with Gasteiger partial charge in [0.15, 0.2) is 0 Å². The van der Waals surface area contributed by atoms with E-state index in [0.29, 0.717) is 15.7 Å². The number of hydrogen-bond acceptors (Lipinski definition) is 5. The van der Waals surface area contributed by atoms with E-state index in [2.05, 4.69) is 26.2 Å². The van der Waals surface area contributed by atoms with Crippen molar-refractivity contribution in [3.8, 4) is 5.75 Å². The number of aromatic nitrogens is 1. The number of halogens is 1. The summed E-state index contributed by atoms with van der Waals surface area (Å²) in [5, 5.41) is 2.65. The molecule has 1 amide bonds. The summed E-state index contributed by atoms with van der Waals surface area (Å²) >= 11 is 3.24. The molecule has 1 aromatic carbocycles. The van der Waals surface area contributed by atoms with Crippen LogP contribution in [0.4, 0.5) is 5.69 Å². The average molecular weight is 414 g/mol. The SMILES string of the molecule is COc1ccc(NC(=O)c2cncc(Br)c2)cc1S(=O)(=O)N(C)C. The second kappa shape index (κ2) is 7.29. The minimum Gasteiger partial charge on any atom is -0.495 e. The minimum atomic E-state index is -3.71. The van der Waals surface area contributed by atoms with Gasteiger partial charge < -0.3 is 10.1 Å². The van der Waals surface area contributed by atoms with Crippen molar-refractivity contribution in [1.82, 2.24) is 9.29 Å². The van der Waals surface area contributed by atoms with E-state index in [0.717, 1.165) is 4.31 Å². The highest BCUT2D eigenvalue weighted by molar-refractivity contribution is 9.10. The van der Waals surface area contributed by atoms with Crippen molar-refractivity contribution in [3.63, 3.8) is 0 Å². The summed E-state index contributed by atoms with van der Waals surface area (Å²) in [4.78, 5) is 16.1. The minimum absolute atomic E-state index is 0.0276. The molecule has 0 atom stereocenters. The predicted octanol–water partition coefficient (Wildman–Crippen LogP) is 2.36. The number of benzene rings is 1. The van der Waals surface area contributed by atoms with Crippen LogP contribution in [0.3, 0.4) is 0 Å². The fraction of sp³-hybridized carbons (Fsp3) is 0.200. The predicted molar refractivity (Wildman–Crippen MR) is 93.8 cm³/mol. The van der Waals surface area contributed by atoms with Crippen molar-refractivity contribution in [1.29, 1.82) is 0 Å². The lowest BCUT2D eigenvalue weighted by Crippen LogP contribution is -2.23. The van der Waals surface area contributed by atoms with Crippen LogP contribution in [0.25, 0.3) is 0 Å². The highest BCUT2D eigenvalue weighted by atomic mass is 79.9. The molecule has 2 rings (SSSR count). The molecule has 9 heteroatoms. The Kier molecular flexibility index (Phi) is 5.58. The molecule has 0 fully saturated rings. The zero-order valence-electron chi connectivity index (χ0n) is 13.3. The van der Waals surface area contributed by atoms with Crippen molar-refractivity contribution < 1.29 is 17.9 Å². The van der Waals surface area contributed by atoms with Crippen LogP contribution in [0.15, 0.2) is 46.0 Å². The number of amides is 1. The van der Waals surface area contributed by atoms with Crippen LogP contribution in [-0.2, 0) is 10.0 Å². The van der Waals surface area contributed by atoms with E-state index in [1.165, 1.54) is 39.5 Å². The van der Waals surface area contributed by atoms with E-state index in [1.807, 2.05) is 0 Å². The lowest BCUT2D eigenvalue weighted by atomic mass is 10.2. The van der Waals surface area contributed by atoms with Crippen molar-refractivity contribution in [2.24, 2.45) is 0 Å². The van der Waals surface area contributed by atoms with Gasteiger partial charge in [0.25, 0.3) is 5.91 Å². The van der Waals surface area contributed by atoms with Gasteiger partial charge in [0.2, 0.25) is 10.0 Å². The Bertz CT molecular complexity index is 869. The summed E-state index contributed by atoms with van der Waals surface area (Å²) in [6.45, 7) is 0. The fourth-order valence-electron chi connectivity index (χ4n) is 1.89. The number of sulfonamides is 1. The number of nitrogens with zero attached hydrogens (tertiary/aromatic N) is 2. The molecule has 0 aliphatic carbocycles. The smallest absolute Gasteiger partial charge is 0.257 e. The fourth-order valence-corrected chi connectivity index (χ4v) is 3.33. The monoisotopic (exact) mass is 413 g/mol. The summed E-state index contributed by atoms with van der Waals surface area (Å²) in [5.74, 6) is -0.201. The van der Waals surface area contributed by atoms with Crippen LogP contribution in [0, 0.1) is 0 Å². The van der Waals surface area contributed by atoms with Crippen LogP contribution in [0.1, 0.15) is 10.4 Å². The quantitative estimate of drug-likeness (QED) is 0.812. The van der Waals surface area contributed by atoms with Crippen LogP contribution in [-0.4, -0.2) is 44.8 Å². The molecular formula is C15H16BrN3O4S. The van der Waals surface area contributed by atoms with Gasteiger partial charge in [0.1, 0.15) is 10.6 Å². The largest absolute Gasteiger partial charge is 0.495 e. The molecule has 0 spiro atoms. The normalized spacial score (nSPS) is 11.4. The lowest BCUT2D eigenvalue weighted by Gasteiger charge is -2.16. The number of nitrogens with one attached hydrogen (secondary N) is 1. The maximum atomic E-state index is 12.4. The molecule has 1 aromatic heterocycles. The Morgan fingerprint density at radius 3 is 2.54 bits per heavy atom. The Labute approximate surface area is 148 Å². The first-order valence-electron chi connectivity index (χ1n) is 6.78. The number of carbonyl (C=O) groups excluding carboxylic acids is 1. The maximum absolute atomic E-state index is 12.4. The number of pyridine rings is 1. The van der Waals surface area contributed by atoms with Crippen molar-refractivity contribution in [2.75, 3.05) is 26.5 Å².